The number of amides is 1. The quantitative estimate of drug-likeness (QED) is 0.593. The number of alkyl halides is 3. The molecule has 0 radical (unpaired) electrons. The predicted molar refractivity (Wildman–Crippen MR) is 107 cm³/mol. The van der Waals surface area contributed by atoms with Crippen LogP contribution in [0.5, 0.6) is 5.75 Å². The predicted octanol–water partition coefficient (Wildman–Crippen LogP) is 3.94. The largest absolute Gasteiger partial charge is 0.573 e. The zero-order valence-electron chi connectivity index (χ0n) is 16.9. The number of carbonyl (C=O) groups is 1. The molecule has 1 amide bonds. The third kappa shape index (κ3) is 4.13. The summed E-state index contributed by atoms with van der Waals surface area (Å²) in [5.41, 5.74) is 1.52. The zero-order chi connectivity index (χ0) is 23.0. The fraction of sp³-hybridized carbons (Fsp3) is 0.190. The number of imidazole rings is 1. The van der Waals surface area contributed by atoms with Crippen molar-refractivity contribution in [3.8, 4) is 17.0 Å². The van der Waals surface area contributed by atoms with Gasteiger partial charge in [-0.2, -0.15) is 5.10 Å². The molecule has 2 aromatic heterocycles. The summed E-state index contributed by atoms with van der Waals surface area (Å²) in [7, 11) is 0. The maximum Gasteiger partial charge on any atom is 0.573 e. The van der Waals surface area contributed by atoms with Gasteiger partial charge in [-0.25, -0.2) is 13.9 Å². The average Bonchev–Trinajstić information content (AvgIpc) is 3.05. The van der Waals surface area contributed by atoms with Gasteiger partial charge in [0.25, 0.3) is 5.91 Å². The summed E-state index contributed by atoms with van der Waals surface area (Å²) in [6.45, 7) is 3.62. The van der Waals surface area contributed by atoms with E-state index in [1.165, 1.54) is 28.8 Å². The summed E-state index contributed by atoms with van der Waals surface area (Å²) in [5, 5.41) is 9.53. The normalized spacial score (nSPS) is 13.9. The van der Waals surface area contributed by atoms with Gasteiger partial charge in [0, 0.05) is 18.3 Å². The second kappa shape index (κ2) is 7.98. The minimum atomic E-state index is -4.88. The Hall–Kier alpha value is -3.89. The van der Waals surface area contributed by atoms with Gasteiger partial charge in [0.2, 0.25) is 0 Å². The first-order valence-corrected chi connectivity index (χ1v) is 9.47. The first-order chi connectivity index (χ1) is 15.1. The van der Waals surface area contributed by atoms with Crippen LogP contribution in [0.1, 0.15) is 21.7 Å². The molecule has 0 bridgehead atoms. The summed E-state index contributed by atoms with van der Waals surface area (Å²) in [5.74, 6) is -1.73. The lowest BCUT2D eigenvalue weighted by Crippen LogP contribution is -2.28. The van der Waals surface area contributed by atoms with Crippen LogP contribution >= 0.6 is 0 Å². The van der Waals surface area contributed by atoms with Crippen molar-refractivity contribution < 1.29 is 27.1 Å². The van der Waals surface area contributed by atoms with Crippen LogP contribution in [0.2, 0.25) is 0 Å². The van der Waals surface area contributed by atoms with Gasteiger partial charge >= 0.3 is 6.36 Å². The van der Waals surface area contributed by atoms with E-state index >= 15 is 0 Å². The van der Waals surface area contributed by atoms with Gasteiger partial charge in [0.15, 0.2) is 17.2 Å². The fourth-order valence-corrected chi connectivity index (χ4v) is 3.34. The Kier molecular flexibility index (Phi) is 5.33. The molecule has 7 nitrogen and oxygen atoms in total. The monoisotopic (exact) mass is 447 g/mol. The summed E-state index contributed by atoms with van der Waals surface area (Å²) < 4.78 is 57.9. The maximum atomic E-state index is 14.0. The lowest BCUT2D eigenvalue weighted by molar-refractivity contribution is -0.274. The van der Waals surface area contributed by atoms with Crippen molar-refractivity contribution in [3.05, 3.63) is 71.1 Å². The molecule has 3 heterocycles. The lowest BCUT2D eigenvalue weighted by atomic mass is 10.1. The number of benzene rings is 1. The highest BCUT2D eigenvalue weighted by Gasteiger charge is 2.32. The number of carbonyl (C=O) groups excluding carboxylic acids is 1. The molecular formula is C21H17F4N5O2. The fourth-order valence-electron chi connectivity index (χ4n) is 3.34. The molecular weight excluding hydrogens is 430 g/mol. The van der Waals surface area contributed by atoms with Gasteiger partial charge < -0.3 is 15.4 Å². The molecule has 0 atom stereocenters. The Morgan fingerprint density at radius 3 is 2.72 bits per heavy atom. The number of ether oxygens (including phenoxy) is 1. The molecule has 1 aliphatic heterocycles. The van der Waals surface area contributed by atoms with Crippen LogP contribution in [-0.4, -0.2) is 33.4 Å². The van der Waals surface area contributed by atoms with Crippen LogP contribution in [0.4, 0.5) is 17.6 Å². The van der Waals surface area contributed by atoms with E-state index in [2.05, 4.69) is 25.5 Å². The van der Waals surface area contributed by atoms with Crippen LogP contribution < -0.4 is 15.4 Å². The molecule has 166 valence electrons. The van der Waals surface area contributed by atoms with Crippen molar-refractivity contribution in [3.63, 3.8) is 0 Å². The number of allylic oxidation sites excluding steroid dienone is 1. The summed E-state index contributed by atoms with van der Waals surface area (Å²) in [4.78, 5) is 17.3. The van der Waals surface area contributed by atoms with E-state index in [0.29, 0.717) is 23.4 Å². The molecule has 4 rings (SSSR count). The zero-order valence-corrected chi connectivity index (χ0v) is 16.9. The molecule has 0 fully saturated rings. The highest BCUT2D eigenvalue weighted by Crippen LogP contribution is 2.33. The number of para-hydroxylation sites is 1. The Balaban J connectivity index is 1.80. The molecule has 0 aliphatic carbocycles. The number of halogens is 4. The van der Waals surface area contributed by atoms with Crippen molar-refractivity contribution in [2.45, 2.75) is 20.2 Å². The first kappa shape index (κ1) is 21.3. The first-order valence-electron chi connectivity index (χ1n) is 9.47. The highest BCUT2D eigenvalue weighted by atomic mass is 19.4. The highest BCUT2D eigenvalue weighted by molar-refractivity contribution is 5.96. The van der Waals surface area contributed by atoms with Crippen molar-refractivity contribution in [2.24, 2.45) is 0 Å². The number of dihydropyridines is 1. The van der Waals surface area contributed by atoms with Crippen LogP contribution in [0, 0.1) is 13.8 Å². The van der Waals surface area contributed by atoms with E-state index in [9.17, 15) is 22.4 Å². The van der Waals surface area contributed by atoms with Gasteiger partial charge in [-0.15, -0.1) is 13.2 Å². The molecule has 1 aromatic carbocycles. The number of aryl methyl sites for hydroxylation is 2. The maximum absolute atomic E-state index is 14.0. The third-order valence-electron chi connectivity index (χ3n) is 4.70. The van der Waals surface area contributed by atoms with Crippen molar-refractivity contribution in [2.75, 3.05) is 6.54 Å². The smallest absolute Gasteiger partial charge is 0.405 e. The lowest BCUT2D eigenvalue weighted by Gasteiger charge is -2.14. The van der Waals surface area contributed by atoms with E-state index in [1.807, 2.05) is 0 Å². The van der Waals surface area contributed by atoms with Gasteiger partial charge in [0.1, 0.15) is 5.75 Å². The summed E-state index contributed by atoms with van der Waals surface area (Å²) in [6, 6.07) is 7.11. The number of rotatable bonds is 4. The summed E-state index contributed by atoms with van der Waals surface area (Å²) >= 11 is 0. The van der Waals surface area contributed by atoms with Gasteiger partial charge in [-0.3, -0.25) is 4.79 Å². The number of hydrogen-bond acceptors (Lipinski definition) is 5. The van der Waals surface area contributed by atoms with Gasteiger partial charge in [0.05, 0.1) is 17.1 Å². The minimum absolute atomic E-state index is 0.0000932. The molecule has 0 saturated carbocycles. The number of nitrogens with one attached hydrogen (secondary N) is 2. The standard InChI is InChI=1S/C21H17F4N5O2/c1-11-9-16(13-5-3-4-6-17(13)32-21(23,24)25)29-30-18(12(2)27-19(11)30)20(31)28-15-7-8-26-10-14(15)22/h3-7,9-10,26H,8H2,1-2H3,(H,28,31). The van der Waals surface area contributed by atoms with Crippen LogP contribution in [0.3, 0.4) is 0 Å². The summed E-state index contributed by atoms with van der Waals surface area (Å²) in [6.07, 6.45) is -2.28. The Morgan fingerprint density at radius 1 is 1.25 bits per heavy atom. The average molecular weight is 447 g/mol. The number of hydrogen-bond donors (Lipinski definition) is 2. The second-order valence-electron chi connectivity index (χ2n) is 7.01. The number of fused-ring (bicyclic) bond motifs is 1. The van der Waals surface area contributed by atoms with Gasteiger partial charge in [-0.1, -0.05) is 12.1 Å². The SMILES string of the molecule is Cc1nc2c(C)cc(-c3ccccc3OC(F)(F)F)nn2c1C(=O)NC1=CCNC=C1F. The minimum Gasteiger partial charge on any atom is -0.405 e. The molecule has 0 spiro atoms. The van der Waals surface area contributed by atoms with E-state index in [0.717, 1.165) is 6.20 Å². The van der Waals surface area contributed by atoms with E-state index in [1.54, 1.807) is 26.0 Å². The van der Waals surface area contributed by atoms with Gasteiger partial charge in [-0.05, 0) is 43.7 Å². The van der Waals surface area contributed by atoms with Crippen LogP contribution in [-0.2, 0) is 0 Å². The molecule has 0 saturated heterocycles. The Labute approximate surface area is 179 Å². The Bertz CT molecular complexity index is 1280. The van der Waals surface area contributed by atoms with Crippen LogP contribution in [0.25, 0.3) is 16.9 Å². The topological polar surface area (TPSA) is 80.5 Å². The third-order valence-corrected chi connectivity index (χ3v) is 4.70. The van der Waals surface area contributed by atoms with Crippen molar-refractivity contribution in [1.82, 2.24) is 25.2 Å². The molecule has 0 unspecified atom stereocenters. The molecule has 32 heavy (non-hydrogen) atoms. The molecule has 11 heteroatoms. The van der Waals surface area contributed by atoms with E-state index < -0.39 is 23.8 Å². The van der Waals surface area contributed by atoms with Crippen molar-refractivity contribution in [1.29, 1.82) is 0 Å². The Morgan fingerprint density at radius 2 is 2.00 bits per heavy atom. The molecule has 1 aliphatic rings. The number of nitrogens with zero attached hydrogens (tertiary/aromatic N) is 3. The van der Waals surface area contributed by atoms with E-state index in [4.69, 9.17) is 0 Å². The van der Waals surface area contributed by atoms with E-state index in [-0.39, 0.29) is 22.6 Å². The molecule has 2 N–H and O–H groups in total. The van der Waals surface area contributed by atoms with Crippen LogP contribution in [0.15, 0.2) is 54.1 Å². The number of aromatic nitrogens is 3. The molecule has 3 aromatic rings. The second-order valence-corrected chi connectivity index (χ2v) is 7.01. The van der Waals surface area contributed by atoms with Crippen molar-refractivity contribution >= 4 is 11.6 Å².